The Balaban J connectivity index is 1.71. The van der Waals surface area contributed by atoms with Crippen LogP contribution in [-0.2, 0) is 6.42 Å². The Labute approximate surface area is 186 Å². The van der Waals surface area contributed by atoms with E-state index in [1.165, 1.54) is 56.1 Å². The standard InChI is InChI=1S/C28H46O2/c1-20(2)11-8-12-21(3)13-9-14-22(4)15-10-17-28(7)18-16-25-19-26(29)23(5)24(6)27(25)30-28/h11,19,21-22,29H,8-10,12-18H2,1-7H3/t21?,22?,28-/m1/s1. The number of aryl methyl sites for hydroxylation is 1. The van der Waals surface area contributed by atoms with E-state index in [0.717, 1.165) is 48.0 Å². The number of aromatic hydroxyl groups is 1. The lowest BCUT2D eigenvalue weighted by molar-refractivity contribution is 0.0514. The molecule has 1 heterocycles. The molecule has 1 aliphatic heterocycles. The molecule has 30 heavy (non-hydrogen) atoms. The number of benzene rings is 1. The molecule has 0 spiro atoms. The topological polar surface area (TPSA) is 29.5 Å². The first kappa shape index (κ1) is 24.8. The van der Waals surface area contributed by atoms with Gasteiger partial charge in [-0.25, -0.2) is 0 Å². The minimum atomic E-state index is -0.0691. The van der Waals surface area contributed by atoms with Gasteiger partial charge in [0, 0.05) is 0 Å². The van der Waals surface area contributed by atoms with Crippen LogP contribution in [0.25, 0.3) is 0 Å². The van der Waals surface area contributed by atoms with Gasteiger partial charge < -0.3 is 9.84 Å². The fourth-order valence-electron chi connectivity index (χ4n) is 4.73. The molecule has 0 radical (unpaired) electrons. The second kappa shape index (κ2) is 11.3. The number of rotatable bonds is 11. The summed E-state index contributed by atoms with van der Waals surface area (Å²) < 4.78 is 6.52. The average Bonchev–Trinajstić information content (AvgIpc) is 2.67. The number of phenols is 1. The van der Waals surface area contributed by atoms with Gasteiger partial charge in [0.25, 0.3) is 0 Å². The molecular weight excluding hydrogens is 368 g/mol. The van der Waals surface area contributed by atoms with Crippen LogP contribution in [0.15, 0.2) is 17.7 Å². The number of allylic oxidation sites excluding steroid dienone is 2. The van der Waals surface area contributed by atoms with E-state index in [2.05, 4.69) is 47.6 Å². The zero-order chi connectivity index (χ0) is 22.3. The molecule has 0 aromatic heterocycles. The van der Waals surface area contributed by atoms with Gasteiger partial charge in [0.1, 0.15) is 17.1 Å². The first-order chi connectivity index (χ1) is 14.1. The van der Waals surface area contributed by atoms with Gasteiger partial charge in [-0.15, -0.1) is 0 Å². The lowest BCUT2D eigenvalue weighted by Crippen LogP contribution is -2.36. The average molecular weight is 415 g/mol. The molecule has 0 amide bonds. The van der Waals surface area contributed by atoms with Gasteiger partial charge in [0.15, 0.2) is 0 Å². The maximum Gasteiger partial charge on any atom is 0.126 e. The smallest absolute Gasteiger partial charge is 0.126 e. The van der Waals surface area contributed by atoms with Crippen LogP contribution in [0, 0.1) is 25.7 Å². The zero-order valence-corrected chi connectivity index (χ0v) is 20.7. The molecule has 2 rings (SSSR count). The van der Waals surface area contributed by atoms with Crippen LogP contribution in [-0.4, -0.2) is 10.7 Å². The van der Waals surface area contributed by atoms with Crippen molar-refractivity contribution in [1.82, 2.24) is 0 Å². The maximum atomic E-state index is 10.1. The van der Waals surface area contributed by atoms with Crippen LogP contribution in [0.3, 0.4) is 0 Å². The molecule has 0 fully saturated rings. The zero-order valence-electron chi connectivity index (χ0n) is 20.7. The maximum absolute atomic E-state index is 10.1. The van der Waals surface area contributed by atoms with E-state index >= 15 is 0 Å². The minimum Gasteiger partial charge on any atom is -0.508 e. The van der Waals surface area contributed by atoms with Gasteiger partial charge in [0.2, 0.25) is 0 Å². The van der Waals surface area contributed by atoms with Crippen molar-refractivity contribution >= 4 is 0 Å². The van der Waals surface area contributed by atoms with Crippen LogP contribution in [0.5, 0.6) is 11.5 Å². The molecule has 2 nitrogen and oxygen atoms in total. The molecular formula is C28H46O2. The number of hydrogen-bond acceptors (Lipinski definition) is 2. The third-order valence-corrected chi connectivity index (χ3v) is 7.17. The number of fused-ring (bicyclic) bond motifs is 1. The van der Waals surface area contributed by atoms with Gasteiger partial charge in [0.05, 0.1) is 0 Å². The molecule has 1 aromatic carbocycles. The van der Waals surface area contributed by atoms with E-state index < -0.39 is 0 Å². The Kier molecular flexibility index (Phi) is 9.31. The SMILES string of the molecule is CC(C)=CCCC(C)CCCC(C)CCC[C@]1(C)CCc2cc(O)c(C)c(C)c2O1. The second-order valence-corrected chi connectivity index (χ2v) is 10.6. The molecule has 0 saturated carbocycles. The fraction of sp³-hybridized carbons (Fsp3) is 0.714. The van der Waals surface area contributed by atoms with Gasteiger partial charge >= 0.3 is 0 Å². The molecule has 1 aliphatic rings. The van der Waals surface area contributed by atoms with E-state index in [9.17, 15) is 5.11 Å². The monoisotopic (exact) mass is 414 g/mol. The summed E-state index contributed by atoms with van der Waals surface area (Å²) in [4.78, 5) is 0. The second-order valence-electron chi connectivity index (χ2n) is 10.6. The normalized spacial score (nSPS) is 20.2. The first-order valence-corrected chi connectivity index (χ1v) is 12.3. The van der Waals surface area contributed by atoms with Crippen molar-refractivity contribution in [3.63, 3.8) is 0 Å². The Morgan fingerprint density at radius 1 is 1.07 bits per heavy atom. The van der Waals surface area contributed by atoms with Crippen LogP contribution in [0.2, 0.25) is 0 Å². The Morgan fingerprint density at radius 2 is 1.70 bits per heavy atom. The van der Waals surface area contributed by atoms with Crippen molar-refractivity contribution in [2.24, 2.45) is 11.8 Å². The van der Waals surface area contributed by atoms with E-state index in [-0.39, 0.29) is 5.60 Å². The summed E-state index contributed by atoms with van der Waals surface area (Å²) in [5.41, 5.74) is 4.59. The van der Waals surface area contributed by atoms with E-state index in [0.29, 0.717) is 5.75 Å². The lowest BCUT2D eigenvalue weighted by Gasteiger charge is -2.37. The number of hydrogen-bond donors (Lipinski definition) is 1. The summed E-state index contributed by atoms with van der Waals surface area (Å²) in [6.45, 7) is 15.5. The van der Waals surface area contributed by atoms with Gasteiger partial charge in [-0.2, -0.15) is 0 Å². The van der Waals surface area contributed by atoms with Crippen LogP contribution < -0.4 is 4.74 Å². The third-order valence-electron chi connectivity index (χ3n) is 7.17. The molecule has 0 bridgehead atoms. The molecule has 1 N–H and O–H groups in total. The minimum absolute atomic E-state index is 0.0691. The van der Waals surface area contributed by atoms with Crippen LogP contribution >= 0.6 is 0 Å². The lowest BCUT2D eigenvalue weighted by atomic mass is 9.85. The van der Waals surface area contributed by atoms with Gasteiger partial charge in [-0.05, 0) is 108 Å². The predicted octanol–water partition coefficient (Wildman–Crippen LogP) is 8.45. The highest BCUT2D eigenvalue weighted by molar-refractivity contribution is 5.53. The number of ether oxygens (including phenoxy) is 1. The molecule has 170 valence electrons. The molecule has 0 saturated heterocycles. The van der Waals surface area contributed by atoms with E-state index in [1.54, 1.807) is 0 Å². The molecule has 1 aromatic rings. The third kappa shape index (κ3) is 7.36. The summed E-state index contributed by atoms with van der Waals surface area (Å²) in [6.07, 6.45) is 14.7. The predicted molar refractivity (Wildman–Crippen MR) is 130 cm³/mol. The fourth-order valence-corrected chi connectivity index (χ4v) is 4.73. The summed E-state index contributed by atoms with van der Waals surface area (Å²) >= 11 is 0. The number of phenolic OH excluding ortho intramolecular Hbond substituents is 1. The summed E-state index contributed by atoms with van der Waals surface area (Å²) in [5, 5.41) is 10.1. The highest BCUT2D eigenvalue weighted by atomic mass is 16.5. The highest BCUT2D eigenvalue weighted by Gasteiger charge is 2.32. The van der Waals surface area contributed by atoms with Crippen LogP contribution in [0.1, 0.15) is 109 Å². The van der Waals surface area contributed by atoms with E-state index in [4.69, 9.17) is 4.74 Å². The van der Waals surface area contributed by atoms with Gasteiger partial charge in [-0.1, -0.05) is 51.2 Å². The molecule has 2 unspecified atom stereocenters. The molecule has 2 heteroatoms. The van der Waals surface area contributed by atoms with Crippen molar-refractivity contribution in [1.29, 1.82) is 0 Å². The van der Waals surface area contributed by atoms with Crippen molar-refractivity contribution < 1.29 is 9.84 Å². The molecule has 3 atom stereocenters. The summed E-state index contributed by atoms with van der Waals surface area (Å²) in [5.74, 6) is 3.07. The Hall–Kier alpha value is -1.44. The summed E-state index contributed by atoms with van der Waals surface area (Å²) in [6, 6.07) is 1.90. The van der Waals surface area contributed by atoms with Gasteiger partial charge in [-0.3, -0.25) is 0 Å². The Morgan fingerprint density at radius 3 is 2.37 bits per heavy atom. The van der Waals surface area contributed by atoms with Crippen molar-refractivity contribution in [2.45, 2.75) is 118 Å². The summed E-state index contributed by atoms with van der Waals surface area (Å²) in [7, 11) is 0. The van der Waals surface area contributed by atoms with Crippen molar-refractivity contribution in [2.75, 3.05) is 0 Å². The van der Waals surface area contributed by atoms with Crippen molar-refractivity contribution in [3.05, 3.63) is 34.4 Å². The first-order valence-electron chi connectivity index (χ1n) is 12.3. The molecule has 0 aliphatic carbocycles. The highest BCUT2D eigenvalue weighted by Crippen LogP contribution is 2.42. The van der Waals surface area contributed by atoms with Crippen LogP contribution in [0.4, 0.5) is 0 Å². The van der Waals surface area contributed by atoms with Crippen molar-refractivity contribution in [3.8, 4) is 11.5 Å². The Bertz CT molecular complexity index is 714. The quantitative estimate of drug-likeness (QED) is 0.368. The largest absolute Gasteiger partial charge is 0.508 e. The van der Waals surface area contributed by atoms with E-state index in [1.807, 2.05) is 13.0 Å².